The fourth-order valence-electron chi connectivity index (χ4n) is 2.22. The number of aromatic nitrogens is 3. The van der Waals surface area contributed by atoms with Crippen molar-refractivity contribution in [2.24, 2.45) is 5.73 Å². The molecule has 0 saturated carbocycles. The number of nitrogens with zero attached hydrogens (tertiary/aromatic N) is 3. The van der Waals surface area contributed by atoms with Gasteiger partial charge in [0.2, 0.25) is 0 Å². The highest BCUT2D eigenvalue weighted by molar-refractivity contribution is 5.72. The molecule has 0 aliphatic carbocycles. The van der Waals surface area contributed by atoms with E-state index in [4.69, 9.17) is 10.7 Å². The first-order valence-corrected chi connectivity index (χ1v) is 6.78. The summed E-state index contributed by atoms with van der Waals surface area (Å²) in [7, 11) is 0. The molecule has 4 heteroatoms. The summed E-state index contributed by atoms with van der Waals surface area (Å²) in [5.41, 5.74) is 8.76. The van der Waals surface area contributed by atoms with Crippen LogP contribution >= 0.6 is 0 Å². The molecule has 4 nitrogen and oxygen atoms in total. The van der Waals surface area contributed by atoms with E-state index in [-0.39, 0.29) is 0 Å². The fourth-order valence-corrected chi connectivity index (χ4v) is 2.22. The van der Waals surface area contributed by atoms with Gasteiger partial charge in [0.1, 0.15) is 11.3 Å². The van der Waals surface area contributed by atoms with Crippen LogP contribution < -0.4 is 5.73 Å². The Morgan fingerprint density at radius 3 is 2.89 bits per heavy atom. The smallest absolute Gasteiger partial charge is 0.160 e. The largest absolute Gasteiger partial charge is 0.330 e. The molecular formula is C14H22N4. The Labute approximate surface area is 108 Å². The minimum absolute atomic E-state index is 0.752. The van der Waals surface area contributed by atoms with Gasteiger partial charge in [-0.05, 0) is 44.4 Å². The molecule has 0 bridgehead atoms. The Kier molecular flexibility index (Phi) is 4.31. The standard InChI is InChI=1S/C14H22N4/c1-3-6-13-17-12-9-11(2)10-16-14(12)18(13)8-5-4-7-15/h9-10H,3-8,15H2,1-2H3. The molecule has 98 valence electrons. The lowest BCUT2D eigenvalue weighted by atomic mass is 10.3. The molecule has 0 fully saturated rings. The van der Waals surface area contributed by atoms with Crippen molar-refractivity contribution in [1.29, 1.82) is 0 Å². The number of aryl methyl sites for hydroxylation is 3. The van der Waals surface area contributed by atoms with Crippen LogP contribution in [0.4, 0.5) is 0 Å². The Morgan fingerprint density at radius 1 is 1.33 bits per heavy atom. The van der Waals surface area contributed by atoms with Crippen LogP contribution in [0, 0.1) is 6.92 Å². The van der Waals surface area contributed by atoms with E-state index in [2.05, 4.69) is 29.5 Å². The van der Waals surface area contributed by atoms with Gasteiger partial charge in [-0.1, -0.05) is 6.92 Å². The molecule has 2 aromatic rings. The van der Waals surface area contributed by atoms with Crippen LogP contribution in [0.2, 0.25) is 0 Å². The molecule has 0 spiro atoms. The monoisotopic (exact) mass is 246 g/mol. The van der Waals surface area contributed by atoms with Crippen LogP contribution in [-0.4, -0.2) is 21.1 Å². The lowest BCUT2D eigenvalue weighted by Gasteiger charge is -2.07. The van der Waals surface area contributed by atoms with Crippen molar-refractivity contribution in [3.05, 3.63) is 23.7 Å². The highest BCUT2D eigenvalue weighted by Crippen LogP contribution is 2.17. The predicted molar refractivity (Wildman–Crippen MR) is 74.5 cm³/mol. The lowest BCUT2D eigenvalue weighted by Crippen LogP contribution is -2.07. The molecule has 2 N–H and O–H groups in total. The zero-order chi connectivity index (χ0) is 13.0. The number of rotatable bonds is 6. The molecule has 0 aliphatic rings. The highest BCUT2D eigenvalue weighted by atomic mass is 15.1. The first-order chi connectivity index (χ1) is 8.76. The van der Waals surface area contributed by atoms with E-state index in [1.807, 2.05) is 6.20 Å². The van der Waals surface area contributed by atoms with Gasteiger partial charge in [0.05, 0.1) is 0 Å². The van der Waals surface area contributed by atoms with Crippen LogP contribution in [0.1, 0.15) is 37.6 Å². The molecule has 2 rings (SSSR count). The average Bonchev–Trinajstić information content (AvgIpc) is 2.67. The Balaban J connectivity index is 2.35. The summed E-state index contributed by atoms with van der Waals surface area (Å²) in [6, 6.07) is 2.11. The van der Waals surface area contributed by atoms with Gasteiger partial charge in [-0.3, -0.25) is 0 Å². The van der Waals surface area contributed by atoms with Gasteiger partial charge in [0, 0.05) is 19.2 Å². The summed E-state index contributed by atoms with van der Waals surface area (Å²) in [6.45, 7) is 5.96. The molecule has 0 aliphatic heterocycles. The molecule has 2 aromatic heterocycles. The SMILES string of the molecule is CCCc1nc2cc(C)cnc2n1CCCCN. The van der Waals surface area contributed by atoms with Gasteiger partial charge in [-0.25, -0.2) is 9.97 Å². The Hall–Kier alpha value is -1.42. The van der Waals surface area contributed by atoms with Crippen molar-refractivity contribution >= 4 is 11.2 Å². The second kappa shape index (κ2) is 5.96. The molecule has 0 aromatic carbocycles. The molecule has 0 radical (unpaired) electrons. The topological polar surface area (TPSA) is 56.7 Å². The molecule has 18 heavy (non-hydrogen) atoms. The van der Waals surface area contributed by atoms with Gasteiger partial charge in [0.25, 0.3) is 0 Å². The maximum absolute atomic E-state index is 5.56. The predicted octanol–water partition coefficient (Wildman–Crippen LogP) is 2.43. The molecule has 2 heterocycles. The highest BCUT2D eigenvalue weighted by Gasteiger charge is 2.10. The minimum atomic E-state index is 0.752. The summed E-state index contributed by atoms with van der Waals surface area (Å²) in [5.74, 6) is 1.16. The van der Waals surface area contributed by atoms with Crippen LogP contribution in [0.25, 0.3) is 11.2 Å². The summed E-state index contributed by atoms with van der Waals surface area (Å²) < 4.78 is 2.26. The van der Waals surface area contributed by atoms with Crippen molar-refractivity contribution in [3.8, 4) is 0 Å². The van der Waals surface area contributed by atoms with Crippen LogP contribution in [-0.2, 0) is 13.0 Å². The van der Waals surface area contributed by atoms with Gasteiger partial charge in [0.15, 0.2) is 5.65 Å². The first kappa shape index (κ1) is 13.0. The van der Waals surface area contributed by atoms with E-state index < -0.39 is 0 Å². The maximum Gasteiger partial charge on any atom is 0.160 e. The summed E-state index contributed by atoms with van der Waals surface area (Å²) in [6.07, 6.45) is 6.18. The van der Waals surface area contributed by atoms with E-state index >= 15 is 0 Å². The third-order valence-corrected chi connectivity index (χ3v) is 3.11. The molecule has 0 unspecified atom stereocenters. The molecule has 0 saturated heterocycles. The summed E-state index contributed by atoms with van der Waals surface area (Å²) in [4.78, 5) is 9.24. The van der Waals surface area contributed by atoms with Crippen LogP contribution in [0.5, 0.6) is 0 Å². The number of imidazole rings is 1. The molecule has 0 amide bonds. The number of nitrogens with two attached hydrogens (primary N) is 1. The number of pyridine rings is 1. The van der Waals surface area contributed by atoms with Crippen molar-refractivity contribution in [2.45, 2.75) is 46.1 Å². The van der Waals surface area contributed by atoms with Crippen LogP contribution in [0.15, 0.2) is 12.3 Å². The zero-order valence-corrected chi connectivity index (χ0v) is 11.3. The third kappa shape index (κ3) is 2.70. The summed E-state index contributed by atoms with van der Waals surface area (Å²) >= 11 is 0. The fraction of sp³-hybridized carbons (Fsp3) is 0.571. The van der Waals surface area contributed by atoms with E-state index in [0.717, 1.165) is 61.3 Å². The Bertz CT molecular complexity index is 516. The minimum Gasteiger partial charge on any atom is -0.330 e. The van der Waals surface area contributed by atoms with Gasteiger partial charge in [-0.2, -0.15) is 0 Å². The number of hydrogen-bond acceptors (Lipinski definition) is 3. The third-order valence-electron chi connectivity index (χ3n) is 3.11. The number of hydrogen-bond donors (Lipinski definition) is 1. The average molecular weight is 246 g/mol. The lowest BCUT2D eigenvalue weighted by molar-refractivity contribution is 0.595. The van der Waals surface area contributed by atoms with E-state index in [9.17, 15) is 0 Å². The molecular weight excluding hydrogens is 224 g/mol. The number of unbranched alkanes of at least 4 members (excludes halogenated alkanes) is 1. The van der Waals surface area contributed by atoms with Gasteiger partial charge < -0.3 is 10.3 Å². The quantitative estimate of drug-likeness (QED) is 0.796. The van der Waals surface area contributed by atoms with Crippen molar-refractivity contribution in [1.82, 2.24) is 14.5 Å². The van der Waals surface area contributed by atoms with Gasteiger partial charge >= 0.3 is 0 Å². The van der Waals surface area contributed by atoms with Crippen molar-refractivity contribution < 1.29 is 0 Å². The molecule has 0 atom stereocenters. The maximum atomic E-state index is 5.56. The summed E-state index contributed by atoms with van der Waals surface area (Å²) in [5, 5.41) is 0. The zero-order valence-electron chi connectivity index (χ0n) is 11.3. The van der Waals surface area contributed by atoms with E-state index in [0.29, 0.717) is 0 Å². The van der Waals surface area contributed by atoms with Crippen molar-refractivity contribution in [2.75, 3.05) is 6.54 Å². The Morgan fingerprint density at radius 2 is 2.17 bits per heavy atom. The second-order valence-electron chi connectivity index (χ2n) is 4.78. The van der Waals surface area contributed by atoms with Gasteiger partial charge in [-0.15, -0.1) is 0 Å². The van der Waals surface area contributed by atoms with E-state index in [1.54, 1.807) is 0 Å². The number of fused-ring (bicyclic) bond motifs is 1. The van der Waals surface area contributed by atoms with Crippen molar-refractivity contribution in [3.63, 3.8) is 0 Å². The normalized spacial score (nSPS) is 11.3. The second-order valence-corrected chi connectivity index (χ2v) is 4.78. The van der Waals surface area contributed by atoms with E-state index in [1.165, 1.54) is 0 Å². The first-order valence-electron chi connectivity index (χ1n) is 6.78. The van der Waals surface area contributed by atoms with Crippen LogP contribution in [0.3, 0.4) is 0 Å².